The zero-order valence-corrected chi connectivity index (χ0v) is 13.0. The third kappa shape index (κ3) is 3.95. The fraction of sp³-hybridized carbons (Fsp3) is 0.647. The average molecular weight is 295 g/mol. The Morgan fingerprint density at radius 2 is 2.00 bits per heavy atom. The molecule has 118 valence electrons. The van der Waals surface area contributed by atoms with Gasteiger partial charge in [-0.3, -0.25) is 0 Å². The molecule has 0 aliphatic heterocycles. The van der Waals surface area contributed by atoms with Gasteiger partial charge in [0.15, 0.2) is 0 Å². The van der Waals surface area contributed by atoms with E-state index in [2.05, 4.69) is 0 Å². The number of methoxy groups -OCH3 is 1. The summed E-state index contributed by atoms with van der Waals surface area (Å²) in [4.78, 5) is 0. The quantitative estimate of drug-likeness (QED) is 0.867. The molecule has 1 fully saturated rings. The molecule has 1 aromatic carbocycles. The van der Waals surface area contributed by atoms with Gasteiger partial charge in [0.05, 0.1) is 19.3 Å². The van der Waals surface area contributed by atoms with Crippen LogP contribution in [0, 0.1) is 11.7 Å². The highest BCUT2D eigenvalue weighted by molar-refractivity contribution is 5.31. The molecule has 0 heterocycles. The van der Waals surface area contributed by atoms with Gasteiger partial charge >= 0.3 is 0 Å². The number of hydrogen-bond donors (Lipinski definition) is 1. The van der Waals surface area contributed by atoms with E-state index in [-0.39, 0.29) is 11.9 Å². The molecule has 1 aliphatic carbocycles. The van der Waals surface area contributed by atoms with Crippen LogP contribution in [0.15, 0.2) is 18.2 Å². The van der Waals surface area contributed by atoms with Crippen LogP contribution in [0.2, 0.25) is 0 Å². The first-order valence-corrected chi connectivity index (χ1v) is 7.88. The summed E-state index contributed by atoms with van der Waals surface area (Å²) >= 11 is 0. The Kier molecular flexibility index (Phi) is 6.00. The lowest BCUT2D eigenvalue weighted by Gasteiger charge is -2.34. The zero-order chi connectivity index (χ0) is 15.2. The van der Waals surface area contributed by atoms with E-state index in [0.717, 1.165) is 12.8 Å². The SMILES string of the molecule is CCOC(C1CCCCC1)C(N)c1ccc(OC)cc1F. The van der Waals surface area contributed by atoms with Crippen LogP contribution in [-0.4, -0.2) is 19.8 Å². The van der Waals surface area contributed by atoms with Crippen molar-refractivity contribution >= 4 is 0 Å². The number of hydrogen-bond acceptors (Lipinski definition) is 3. The lowest BCUT2D eigenvalue weighted by Crippen LogP contribution is -2.37. The molecule has 2 atom stereocenters. The van der Waals surface area contributed by atoms with Crippen LogP contribution in [0.3, 0.4) is 0 Å². The normalized spacial score (nSPS) is 19.2. The maximum Gasteiger partial charge on any atom is 0.131 e. The zero-order valence-electron chi connectivity index (χ0n) is 13.0. The van der Waals surface area contributed by atoms with Gasteiger partial charge in [0, 0.05) is 18.2 Å². The summed E-state index contributed by atoms with van der Waals surface area (Å²) in [6.07, 6.45) is 5.84. The molecular formula is C17H26FNO2. The Bertz CT molecular complexity index is 446. The largest absolute Gasteiger partial charge is 0.497 e. The van der Waals surface area contributed by atoms with Gasteiger partial charge in [0.2, 0.25) is 0 Å². The molecule has 0 aromatic heterocycles. The van der Waals surface area contributed by atoms with E-state index in [4.69, 9.17) is 15.2 Å². The molecule has 21 heavy (non-hydrogen) atoms. The number of halogens is 1. The Morgan fingerprint density at radius 1 is 1.29 bits per heavy atom. The van der Waals surface area contributed by atoms with Crippen LogP contribution in [0.1, 0.15) is 50.6 Å². The van der Waals surface area contributed by atoms with Gasteiger partial charge in [-0.25, -0.2) is 4.39 Å². The average Bonchev–Trinajstić information content (AvgIpc) is 2.52. The van der Waals surface area contributed by atoms with Crippen LogP contribution in [-0.2, 0) is 4.74 Å². The van der Waals surface area contributed by atoms with Gasteiger partial charge in [-0.1, -0.05) is 25.3 Å². The molecule has 2 unspecified atom stereocenters. The second-order valence-electron chi connectivity index (χ2n) is 5.73. The van der Waals surface area contributed by atoms with Crippen LogP contribution >= 0.6 is 0 Å². The van der Waals surface area contributed by atoms with Gasteiger partial charge in [-0.2, -0.15) is 0 Å². The van der Waals surface area contributed by atoms with Crippen molar-refractivity contribution in [1.29, 1.82) is 0 Å². The Hall–Kier alpha value is -1.13. The third-order valence-corrected chi connectivity index (χ3v) is 4.39. The highest BCUT2D eigenvalue weighted by Gasteiger charge is 2.31. The number of rotatable bonds is 6. The fourth-order valence-corrected chi connectivity index (χ4v) is 3.27. The van der Waals surface area contributed by atoms with E-state index in [9.17, 15) is 4.39 Å². The number of benzene rings is 1. The molecule has 3 nitrogen and oxygen atoms in total. The fourth-order valence-electron chi connectivity index (χ4n) is 3.27. The summed E-state index contributed by atoms with van der Waals surface area (Å²) in [7, 11) is 1.53. The van der Waals surface area contributed by atoms with Gasteiger partial charge < -0.3 is 15.2 Å². The minimum atomic E-state index is -0.432. The maximum absolute atomic E-state index is 14.2. The van der Waals surface area contributed by atoms with Crippen LogP contribution in [0.25, 0.3) is 0 Å². The van der Waals surface area contributed by atoms with Crippen LogP contribution < -0.4 is 10.5 Å². The van der Waals surface area contributed by atoms with Crippen molar-refractivity contribution in [2.75, 3.05) is 13.7 Å². The highest BCUT2D eigenvalue weighted by atomic mass is 19.1. The maximum atomic E-state index is 14.2. The summed E-state index contributed by atoms with van der Waals surface area (Å²) in [5, 5.41) is 0. The molecule has 0 spiro atoms. The van der Waals surface area contributed by atoms with E-state index in [1.54, 1.807) is 12.1 Å². The highest BCUT2D eigenvalue weighted by Crippen LogP contribution is 2.34. The molecule has 2 rings (SSSR count). The molecule has 4 heteroatoms. The minimum absolute atomic E-state index is 0.113. The molecular weight excluding hydrogens is 269 g/mol. The standard InChI is InChI=1S/C17H26FNO2/c1-3-21-17(12-7-5-4-6-8-12)16(19)14-10-9-13(20-2)11-15(14)18/h9-12,16-17H,3-8,19H2,1-2H3. The molecule has 1 aliphatic rings. The van der Waals surface area contributed by atoms with E-state index in [0.29, 0.717) is 23.8 Å². The monoisotopic (exact) mass is 295 g/mol. The van der Waals surface area contributed by atoms with Gasteiger partial charge in [0.25, 0.3) is 0 Å². The minimum Gasteiger partial charge on any atom is -0.497 e. The molecule has 0 amide bonds. The van der Waals surface area contributed by atoms with Crippen molar-refractivity contribution in [1.82, 2.24) is 0 Å². The molecule has 0 radical (unpaired) electrons. The van der Waals surface area contributed by atoms with Crippen molar-refractivity contribution in [3.8, 4) is 5.75 Å². The Morgan fingerprint density at radius 3 is 2.57 bits per heavy atom. The molecule has 0 saturated heterocycles. The summed E-state index contributed by atoms with van der Waals surface area (Å²) in [6.45, 7) is 2.57. The molecule has 2 N–H and O–H groups in total. The lowest BCUT2D eigenvalue weighted by atomic mass is 9.81. The first-order chi connectivity index (χ1) is 10.2. The van der Waals surface area contributed by atoms with E-state index in [1.807, 2.05) is 6.92 Å². The smallest absolute Gasteiger partial charge is 0.131 e. The number of ether oxygens (including phenoxy) is 2. The number of nitrogens with two attached hydrogens (primary N) is 1. The summed E-state index contributed by atoms with van der Waals surface area (Å²) in [6, 6.07) is 4.42. The van der Waals surface area contributed by atoms with Gasteiger partial charge in [-0.15, -0.1) is 0 Å². The van der Waals surface area contributed by atoms with E-state index < -0.39 is 6.04 Å². The summed E-state index contributed by atoms with van der Waals surface area (Å²) < 4.78 is 25.2. The van der Waals surface area contributed by atoms with Crippen molar-refractivity contribution in [3.05, 3.63) is 29.6 Å². The van der Waals surface area contributed by atoms with Gasteiger partial charge in [0.1, 0.15) is 11.6 Å². The van der Waals surface area contributed by atoms with E-state index in [1.165, 1.54) is 32.4 Å². The Labute approximate surface area is 126 Å². The second kappa shape index (κ2) is 7.76. The lowest BCUT2D eigenvalue weighted by molar-refractivity contribution is -0.0105. The first-order valence-electron chi connectivity index (χ1n) is 7.88. The molecule has 1 saturated carbocycles. The van der Waals surface area contributed by atoms with Crippen LogP contribution in [0.5, 0.6) is 5.75 Å². The van der Waals surface area contributed by atoms with Crippen molar-refractivity contribution in [2.24, 2.45) is 11.7 Å². The second-order valence-corrected chi connectivity index (χ2v) is 5.73. The predicted octanol–water partition coefficient (Wildman–Crippen LogP) is 3.82. The van der Waals surface area contributed by atoms with Crippen molar-refractivity contribution in [3.63, 3.8) is 0 Å². The van der Waals surface area contributed by atoms with E-state index >= 15 is 0 Å². The summed E-state index contributed by atoms with van der Waals surface area (Å²) in [5.41, 5.74) is 6.86. The first kappa shape index (κ1) is 16.2. The van der Waals surface area contributed by atoms with Crippen LogP contribution in [0.4, 0.5) is 4.39 Å². The molecule has 1 aromatic rings. The van der Waals surface area contributed by atoms with Crippen molar-refractivity contribution < 1.29 is 13.9 Å². The van der Waals surface area contributed by atoms with Gasteiger partial charge in [-0.05, 0) is 31.7 Å². The third-order valence-electron chi connectivity index (χ3n) is 4.39. The summed E-state index contributed by atoms with van der Waals surface area (Å²) in [5.74, 6) is 0.617. The predicted molar refractivity (Wildman–Crippen MR) is 81.9 cm³/mol. The Balaban J connectivity index is 2.18. The molecule has 0 bridgehead atoms. The topological polar surface area (TPSA) is 44.5 Å². The van der Waals surface area contributed by atoms with Crippen molar-refractivity contribution in [2.45, 2.75) is 51.2 Å².